The average Bonchev–Trinajstić information content (AvgIpc) is 2.73. The summed E-state index contributed by atoms with van der Waals surface area (Å²) in [5.74, 6) is -1.20. The van der Waals surface area contributed by atoms with Crippen LogP contribution in [-0.4, -0.2) is 41.2 Å². The molecule has 0 bridgehead atoms. The molecular weight excluding hydrogens is 407 g/mol. The number of nitrogens with zero attached hydrogens (tertiary/aromatic N) is 1. The summed E-state index contributed by atoms with van der Waals surface area (Å²) in [6.07, 6.45) is 2.49. The molecule has 0 saturated carbocycles. The summed E-state index contributed by atoms with van der Waals surface area (Å²) < 4.78 is 0. The molecule has 0 aliphatic carbocycles. The van der Waals surface area contributed by atoms with Gasteiger partial charge in [0.05, 0.1) is 11.9 Å². The minimum atomic E-state index is -0.781. The Bertz CT molecular complexity index is 624. The van der Waals surface area contributed by atoms with Gasteiger partial charge in [0.1, 0.15) is 6.04 Å². The van der Waals surface area contributed by atoms with Crippen LogP contribution in [0, 0.1) is 5.92 Å². The zero-order chi connectivity index (χ0) is 18.4. The maximum atomic E-state index is 12.8. The van der Waals surface area contributed by atoms with Gasteiger partial charge < -0.3 is 20.7 Å². The van der Waals surface area contributed by atoms with Gasteiger partial charge in [-0.1, -0.05) is 37.3 Å². The molecule has 2 rings (SSSR count). The molecule has 1 heterocycles. The van der Waals surface area contributed by atoms with Gasteiger partial charge in [0, 0.05) is 13.0 Å². The van der Waals surface area contributed by atoms with Crippen molar-refractivity contribution in [1.82, 2.24) is 10.2 Å². The van der Waals surface area contributed by atoms with Crippen LogP contribution in [-0.2, 0) is 53.5 Å². The van der Waals surface area contributed by atoms with Gasteiger partial charge in [0.2, 0.25) is 11.8 Å². The standard InChI is InChI=1S/C19H27N3O3.Y/c1-13-7-6-12-22(14(2)18(20)24)19(25)17(13)21-16(23)11-10-15-8-4-3-5-9-15;/h3-5,8-9,13-14,17H,6-7,10-12H2,1-2H3,(H3,20,21,23,24);/q;+3/p-1. The fourth-order valence-electron chi connectivity index (χ4n) is 3.16. The van der Waals surface area contributed by atoms with Crippen molar-refractivity contribution in [2.24, 2.45) is 5.92 Å². The van der Waals surface area contributed by atoms with Crippen LogP contribution in [0.15, 0.2) is 30.3 Å². The number of amides is 3. The number of hydrogen-bond donors (Lipinski definition) is 1. The predicted molar refractivity (Wildman–Crippen MR) is 95.6 cm³/mol. The molecule has 3 atom stereocenters. The van der Waals surface area contributed by atoms with Crippen LogP contribution in [0.5, 0.6) is 0 Å². The smallest absolute Gasteiger partial charge is 0.666 e. The Kier molecular flexibility index (Phi) is 9.44. The minimum absolute atomic E-state index is 0. The quantitative estimate of drug-likeness (QED) is 0.747. The Labute approximate surface area is 180 Å². The van der Waals surface area contributed by atoms with E-state index < -0.39 is 18.0 Å². The number of nitrogens with one attached hydrogen (secondary N) is 2. The Morgan fingerprint density at radius 2 is 1.96 bits per heavy atom. The maximum absolute atomic E-state index is 12.8. The first-order valence-corrected chi connectivity index (χ1v) is 8.79. The van der Waals surface area contributed by atoms with Crippen molar-refractivity contribution in [2.75, 3.05) is 6.54 Å². The molecule has 7 heteroatoms. The van der Waals surface area contributed by atoms with E-state index in [1.165, 1.54) is 4.90 Å². The van der Waals surface area contributed by atoms with Crippen molar-refractivity contribution in [1.29, 1.82) is 0 Å². The molecular formula is C19H26N3O3Y+2. The second kappa shape index (κ2) is 10.8. The number of hydrogen-bond acceptors (Lipinski definition) is 3. The van der Waals surface area contributed by atoms with Crippen LogP contribution in [0.3, 0.4) is 0 Å². The normalized spacial score (nSPS) is 21.3. The van der Waals surface area contributed by atoms with Crippen molar-refractivity contribution >= 4 is 17.7 Å². The molecule has 0 aromatic heterocycles. The molecule has 3 unspecified atom stereocenters. The summed E-state index contributed by atoms with van der Waals surface area (Å²) in [6.45, 7) is 3.96. The van der Waals surface area contributed by atoms with E-state index >= 15 is 0 Å². The molecule has 1 fully saturated rings. The molecule has 2 N–H and O–H groups in total. The first kappa shape index (κ1) is 22.8. The third-order valence-electron chi connectivity index (χ3n) is 4.82. The first-order chi connectivity index (χ1) is 11.9. The summed E-state index contributed by atoms with van der Waals surface area (Å²) in [5, 5.41) is 2.85. The molecule has 3 amide bonds. The van der Waals surface area contributed by atoms with E-state index in [2.05, 4.69) is 5.32 Å². The summed E-state index contributed by atoms with van der Waals surface area (Å²) in [7, 11) is 0. The molecule has 1 aromatic rings. The molecule has 1 saturated heterocycles. The van der Waals surface area contributed by atoms with Crippen LogP contribution in [0.2, 0.25) is 0 Å². The van der Waals surface area contributed by atoms with E-state index in [0.29, 0.717) is 19.4 Å². The van der Waals surface area contributed by atoms with Gasteiger partial charge in [-0.05, 0) is 37.7 Å². The Balaban J connectivity index is 0.00000338. The van der Waals surface area contributed by atoms with E-state index in [-0.39, 0.29) is 50.4 Å². The van der Waals surface area contributed by atoms with E-state index in [9.17, 15) is 14.4 Å². The van der Waals surface area contributed by atoms with E-state index in [4.69, 9.17) is 5.73 Å². The third kappa shape index (κ3) is 6.17. The van der Waals surface area contributed by atoms with Gasteiger partial charge in [-0.25, -0.2) is 0 Å². The van der Waals surface area contributed by atoms with Crippen LogP contribution < -0.4 is 5.32 Å². The van der Waals surface area contributed by atoms with Gasteiger partial charge in [-0.3, -0.25) is 9.59 Å². The van der Waals surface area contributed by atoms with Gasteiger partial charge in [0.25, 0.3) is 0 Å². The number of carbonyl (C=O) groups is 3. The largest absolute Gasteiger partial charge is 3.00 e. The van der Waals surface area contributed by atoms with Crippen molar-refractivity contribution in [3.8, 4) is 0 Å². The molecule has 1 aliphatic heterocycles. The van der Waals surface area contributed by atoms with Gasteiger partial charge in [-0.15, -0.1) is 0 Å². The second-order valence-corrected chi connectivity index (χ2v) is 6.72. The maximum Gasteiger partial charge on any atom is 3.00 e. The number of aryl methyl sites for hydroxylation is 1. The van der Waals surface area contributed by atoms with Crippen LogP contribution in [0.1, 0.15) is 38.7 Å². The predicted octanol–water partition coefficient (Wildman–Crippen LogP) is 2.33. The van der Waals surface area contributed by atoms with Gasteiger partial charge >= 0.3 is 32.7 Å². The molecule has 6 nitrogen and oxygen atoms in total. The monoisotopic (exact) mass is 433 g/mol. The van der Waals surface area contributed by atoms with Crippen molar-refractivity contribution in [2.45, 2.75) is 51.6 Å². The SMILES string of the molecule is CC1CCCN(C(C)C([NH-])=O)C(=O)C1NC(=O)CCc1ccccc1.[Y+3]. The fraction of sp³-hybridized carbons (Fsp3) is 0.526. The zero-order valence-electron chi connectivity index (χ0n) is 15.4. The molecule has 1 aromatic carbocycles. The van der Waals surface area contributed by atoms with E-state index in [0.717, 1.165) is 18.4 Å². The van der Waals surface area contributed by atoms with Crippen molar-refractivity contribution in [3.05, 3.63) is 41.6 Å². The van der Waals surface area contributed by atoms with Crippen LogP contribution in [0.4, 0.5) is 0 Å². The first-order valence-electron chi connectivity index (χ1n) is 8.79. The van der Waals surface area contributed by atoms with Crippen molar-refractivity contribution < 1.29 is 47.1 Å². The molecule has 0 spiro atoms. The number of benzene rings is 1. The topological polar surface area (TPSA) is 90.3 Å². The number of carbonyl (C=O) groups excluding carboxylic acids is 3. The summed E-state index contributed by atoms with van der Waals surface area (Å²) in [4.78, 5) is 37.9. The van der Waals surface area contributed by atoms with Crippen LogP contribution >= 0.6 is 0 Å². The zero-order valence-corrected chi connectivity index (χ0v) is 18.2. The number of likely N-dealkylation sites (tertiary alicyclic amines) is 1. The molecule has 26 heavy (non-hydrogen) atoms. The minimum Gasteiger partial charge on any atom is -0.666 e. The van der Waals surface area contributed by atoms with Crippen LogP contribution in [0.25, 0.3) is 5.73 Å². The Hall–Kier alpha value is -1.27. The van der Waals surface area contributed by atoms with Gasteiger partial charge in [0.15, 0.2) is 0 Å². The third-order valence-corrected chi connectivity index (χ3v) is 4.82. The molecule has 0 radical (unpaired) electrons. The number of rotatable bonds is 6. The summed E-state index contributed by atoms with van der Waals surface area (Å²) in [5.41, 5.74) is 8.36. The van der Waals surface area contributed by atoms with Gasteiger partial charge in [-0.2, -0.15) is 0 Å². The summed E-state index contributed by atoms with van der Waals surface area (Å²) >= 11 is 0. The Morgan fingerprint density at radius 3 is 2.58 bits per heavy atom. The molecule has 136 valence electrons. The van der Waals surface area contributed by atoms with E-state index in [1.807, 2.05) is 37.3 Å². The van der Waals surface area contributed by atoms with Crippen molar-refractivity contribution in [3.63, 3.8) is 0 Å². The fourth-order valence-corrected chi connectivity index (χ4v) is 3.16. The molecule has 1 aliphatic rings. The average molecular weight is 433 g/mol. The second-order valence-electron chi connectivity index (χ2n) is 6.72. The summed E-state index contributed by atoms with van der Waals surface area (Å²) in [6, 6.07) is 8.32. The Morgan fingerprint density at radius 1 is 1.31 bits per heavy atom. The van der Waals surface area contributed by atoms with E-state index in [1.54, 1.807) is 6.92 Å².